The number of carbonyl (C=O) groups is 1. The number of ether oxygens (including phenoxy) is 1. The Labute approximate surface area is 130 Å². The van der Waals surface area contributed by atoms with Crippen LogP contribution < -0.4 is 4.74 Å². The first-order chi connectivity index (χ1) is 10.7. The van der Waals surface area contributed by atoms with Crippen molar-refractivity contribution in [2.45, 2.75) is 25.9 Å². The maximum absolute atomic E-state index is 10.9. The Bertz CT molecular complexity index is 663. The van der Waals surface area contributed by atoms with E-state index in [2.05, 4.69) is 11.8 Å². The molecule has 0 aliphatic rings. The molecule has 2 rings (SSSR count). The third kappa shape index (κ3) is 4.68. The summed E-state index contributed by atoms with van der Waals surface area (Å²) in [6, 6.07) is 17.4. The van der Waals surface area contributed by atoms with E-state index in [1.807, 2.05) is 54.6 Å². The molecule has 0 fully saturated rings. The first-order valence-electron chi connectivity index (χ1n) is 7.10. The summed E-state index contributed by atoms with van der Waals surface area (Å²) in [6.07, 6.45) is 0.00502. The van der Waals surface area contributed by atoms with Crippen molar-refractivity contribution in [2.75, 3.05) is 0 Å². The Kier molecular flexibility index (Phi) is 5.62. The second kappa shape index (κ2) is 7.90. The molecule has 0 heterocycles. The topological polar surface area (TPSA) is 46.5 Å². The fourth-order valence-corrected chi connectivity index (χ4v) is 2.14. The summed E-state index contributed by atoms with van der Waals surface area (Å²) < 4.78 is 5.72. The summed E-state index contributed by atoms with van der Waals surface area (Å²) in [5, 5.41) is 8.94. The van der Waals surface area contributed by atoms with Crippen molar-refractivity contribution in [1.29, 1.82) is 0 Å². The van der Waals surface area contributed by atoms with Gasteiger partial charge in [0, 0.05) is 0 Å². The molecule has 1 unspecified atom stereocenters. The molecule has 0 saturated heterocycles. The van der Waals surface area contributed by atoms with Gasteiger partial charge in [-0.3, -0.25) is 4.79 Å². The first-order valence-corrected chi connectivity index (χ1v) is 7.10. The molecule has 112 valence electrons. The number of benzene rings is 2. The van der Waals surface area contributed by atoms with E-state index in [0.29, 0.717) is 6.61 Å². The molecule has 0 radical (unpaired) electrons. The van der Waals surface area contributed by atoms with Gasteiger partial charge in [-0.2, -0.15) is 0 Å². The van der Waals surface area contributed by atoms with Gasteiger partial charge in [-0.1, -0.05) is 48.4 Å². The van der Waals surface area contributed by atoms with Crippen LogP contribution in [0.4, 0.5) is 0 Å². The minimum atomic E-state index is -0.850. The fourth-order valence-electron chi connectivity index (χ4n) is 2.14. The van der Waals surface area contributed by atoms with Crippen molar-refractivity contribution < 1.29 is 14.6 Å². The summed E-state index contributed by atoms with van der Waals surface area (Å²) in [5.41, 5.74) is 2.00. The molecule has 0 aromatic heterocycles. The summed E-state index contributed by atoms with van der Waals surface area (Å²) in [4.78, 5) is 10.9. The van der Waals surface area contributed by atoms with Crippen LogP contribution >= 0.6 is 0 Å². The highest BCUT2D eigenvalue weighted by Gasteiger charge is 2.13. The van der Waals surface area contributed by atoms with Crippen molar-refractivity contribution in [3.63, 3.8) is 0 Å². The quantitative estimate of drug-likeness (QED) is 0.823. The SMILES string of the molecule is CC#CC(CC(=O)O)c1ccc(OCc2ccccc2)cc1. The summed E-state index contributed by atoms with van der Waals surface area (Å²) in [5.74, 6) is 5.34. The average Bonchev–Trinajstić information content (AvgIpc) is 2.54. The lowest BCUT2D eigenvalue weighted by molar-refractivity contribution is -0.137. The molecule has 3 heteroatoms. The van der Waals surface area contributed by atoms with E-state index in [0.717, 1.165) is 16.9 Å². The number of hydrogen-bond acceptors (Lipinski definition) is 2. The Hall–Kier alpha value is -2.73. The van der Waals surface area contributed by atoms with E-state index < -0.39 is 5.97 Å². The predicted molar refractivity (Wildman–Crippen MR) is 85.7 cm³/mol. The molecule has 0 aliphatic heterocycles. The number of carboxylic acid groups (broad SMARTS) is 1. The molecular formula is C19H18O3. The molecule has 2 aromatic rings. The lowest BCUT2D eigenvalue weighted by Crippen LogP contribution is -2.04. The smallest absolute Gasteiger partial charge is 0.304 e. The van der Waals surface area contributed by atoms with E-state index in [9.17, 15) is 4.79 Å². The third-order valence-corrected chi connectivity index (χ3v) is 3.23. The standard InChI is InChI=1S/C19H18O3/c1-2-6-17(13-19(20)21)16-9-11-18(12-10-16)22-14-15-7-4-3-5-8-15/h3-5,7-12,17H,13-14H2,1H3,(H,20,21). The van der Waals surface area contributed by atoms with E-state index in [-0.39, 0.29) is 12.3 Å². The van der Waals surface area contributed by atoms with Gasteiger partial charge < -0.3 is 9.84 Å². The second-order valence-electron chi connectivity index (χ2n) is 4.89. The van der Waals surface area contributed by atoms with Crippen LogP contribution in [-0.4, -0.2) is 11.1 Å². The summed E-state index contributed by atoms with van der Waals surface area (Å²) in [7, 11) is 0. The Balaban J connectivity index is 2.02. The molecule has 1 atom stereocenters. The number of carboxylic acids is 1. The highest BCUT2D eigenvalue weighted by Crippen LogP contribution is 2.22. The van der Waals surface area contributed by atoms with E-state index in [1.165, 1.54) is 0 Å². The Morgan fingerprint density at radius 3 is 2.41 bits per heavy atom. The van der Waals surface area contributed by atoms with Gasteiger partial charge in [-0.25, -0.2) is 0 Å². The molecular weight excluding hydrogens is 276 g/mol. The highest BCUT2D eigenvalue weighted by atomic mass is 16.5. The highest BCUT2D eigenvalue weighted by molar-refractivity contribution is 5.69. The molecule has 2 aromatic carbocycles. The second-order valence-corrected chi connectivity index (χ2v) is 4.89. The zero-order valence-electron chi connectivity index (χ0n) is 12.5. The number of hydrogen-bond donors (Lipinski definition) is 1. The van der Waals surface area contributed by atoms with Gasteiger partial charge in [0.25, 0.3) is 0 Å². The van der Waals surface area contributed by atoms with E-state index in [4.69, 9.17) is 9.84 Å². The lowest BCUT2D eigenvalue weighted by atomic mass is 9.96. The van der Waals surface area contributed by atoms with E-state index >= 15 is 0 Å². The van der Waals surface area contributed by atoms with Crippen LogP contribution in [-0.2, 0) is 11.4 Å². The average molecular weight is 294 g/mol. The van der Waals surface area contributed by atoms with Crippen molar-refractivity contribution in [3.05, 3.63) is 65.7 Å². The van der Waals surface area contributed by atoms with Crippen molar-refractivity contribution in [3.8, 4) is 17.6 Å². The predicted octanol–water partition coefficient (Wildman–Crippen LogP) is 3.85. The van der Waals surface area contributed by atoms with Gasteiger partial charge in [0.1, 0.15) is 12.4 Å². The molecule has 0 saturated carbocycles. The molecule has 1 N–H and O–H groups in total. The van der Waals surface area contributed by atoms with Gasteiger partial charge in [0.15, 0.2) is 0 Å². The van der Waals surface area contributed by atoms with Crippen molar-refractivity contribution in [1.82, 2.24) is 0 Å². The van der Waals surface area contributed by atoms with Crippen LogP contribution in [0.3, 0.4) is 0 Å². The molecule has 0 bridgehead atoms. The van der Waals surface area contributed by atoms with Crippen LogP contribution in [0.1, 0.15) is 30.4 Å². The molecule has 22 heavy (non-hydrogen) atoms. The Morgan fingerprint density at radius 2 is 1.82 bits per heavy atom. The van der Waals surface area contributed by atoms with Crippen LogP contribution in [0.15, 0.2) is 54.6 Å². The van der Waals surface area contributed by atoms with Crippen LogP contribution in [0.5, 0.6) is 5.75 Å². The minimum Gasteiger partial charge on any atom is -0.489 e. The van der Waals surface area contributed by atoms with Gasteiger partial charge in [-0.05, 0) is 30.2 Å². The van der Waals surface area contributed by atoms with Gasteiger partial charge in [0.05, 0.1) is 12.3 Å². The van der Waals surface area contributed by atoms with Crippen molar-refractivity contribution in [2.24, 2.45) is 0 Å². The molecule has 0 aliphatic carbocycles. The fraction of sp³-hybridized carbons (Fsp3) is 0.211. The zero-order chi connectivity index (χ0) is 15.8. The third-order valence-electron chi connectivity index (χ3n) is 3.23. The summed E-state index contributed by atoms with van der Waals surface area (Å²) in [6.45, 7) is 2.22. The molecule has 0 amide bonds. The Morgan fingerprint density at radius 1 is 1.14 bits per heavy atom. The minimum absolute atomic E-state index is 0.00502. The number of aliphatic carboxylic acids is 1. The lowest BCUT2D eigenvalue weighted by Gasteiger charge is -2.10. The van der Waals surface area contributed by atoms with Crippen LogP contribution in [0.25, 0.3) is 0 Å². The zero-order valence-corrected chi connectivity index (χ0v) is 12.5. The normalized spacial score (nSPS) is 11.1. The van der Waals surface area contributed by atoms with Gasteiger partial charge in [-0.15, -0.1) is 5.92 Å². The molecule has 0 spiro atoms. The van der Waals surface area contributed by atoms with Gasteiger partial charge >= 0.3 is 5.97 Å². The van der Waals surface area contributed by atoms with Crippen LogP contribution in [0.2, 0.25) is 0 Å². The summed E-state index contributed by atoms with van der Waals surface area (Å²) >= 11 is 0. The maximum atomic E-state index is 10.9. The number of rotatable bonds is 6. The van der Waals surface area contributed by atoms with E-state index in [1.54, 1.807) is 6.92 Å². The van der Waals surface area contributed by atoms with Gasteiger partial charge in [0.2, 0.25) is 0 Å². The maximum Gasteiger partial charge on any atom is 0.304 e. The monoisotopic (exact) mass is 294 g/mol. The largest absolute Gasteiger partial charge is 0.489 e. The molecule has 3 nitrogen and oxygen atoms in total. The first kappa shape index (κ1) is 15.7. The van der Waals surface area contributed by atoms with Crippen molar-refractivity contribution >= 4 is 5.97 Å². The van der Waals surface area contributed by atoms with Crippen LogP contribution in [0, 0.1) is 11.8 Å².